The van der Waals surface area contributed by atoms with E-state index in [4.69, 9.17) is 4.74 Å². The van der Waals surface area contributed by atoms with Crippen LogP contribution in [0.3, 0.4) is 0 Å². The van der Waals surface area contributed by atoms with Gasteiger partial charge in [-0.15, -0.1) is 0 Å². The van der Waals surface area contributed by atoms with Crippen LogP contribution in [0.4, 0.5) is 5.69 Å². The van der Waals surface area contributed by atoms with Gasteiger partial charge >= 0.3 is 5.97 Å². The number of anilines is 1. The van der Waals surface area contributed by atoms with Gasteiger partial charge in [0, 0.05) is 19.2 Å². The third-order valence-corrected chi connectivity index (χ3v) is 4.98. The van der Waals surface area contributed by atoms with Gasteiger partial charge in [-0.3, -0.25) is 9.52 Å². The maximum Gasteiger partial charge on any atom is 0.339 e. The minimum absolute atomic E-state index is 0.0457. The molecule has 2 rings (SSSR count). The minimum atomic E-state index is -3.95. The van der Waals surface area contributed by atoms with Crippen molar-refractivity contribution in [3.63, 3.8) is 0 Å². The third-order valence-electron chi connectivity index (χ3n) is 3.60. The van der Waals surface area contributed by atoms with Crippen LogP contribution < -0.4 is 10.0 Å². The van der Waals surface area contributed by atoms with Crippen LogP contribution in [0.2, 0.25) is 0 Å². The Hall–Kier alpha value is -2.91. The van der Waals surface area contributed by atoms with E-state index >= 15 is 0 Å². The van der Waals surface area contributed by atoms with E-state index < -0.39 is 16.0 Å². The molecule has 0 heterocycles. The average molecular weight is 392 g/mol. The lowest BCUT2D eigenvalue weighted by Crippen LogP contribution is -2.27. The predicted octanol–water partition coefficient (Wildman–Crippen LogP) is 1.65. The summed E-state index contributed by atoms with van der Waals surface area (Å²) in [5.74, 6) is -0.989. The van der Waals surface area contributed by atoms with E-state index in [2.05, 4.69) is 14.8 Å². The number of carbonyl (C=O) groups excluding carboxylic acids is 2. The first kappa shape index (κ1) is 20.4. The van der Waals surface area contributed by atoms with Gasteiger partial charge in [0.1, 0.15) is 0 Å². The fourth-order valence-corrected chi connectivity index (χ4v) is 3.30. The van der Waals surface area contributed by atoms with Crippen molar-refractivity contribution in [2.45, 2.75) is 4.90 Å². The topological polar surface area (TPSA) is 111 Å². The van der Waals surface area contributed by atoms with Crippen LogP contribution in [-0.2, 0) is 19.5 Å². The van der Waals surface area contributed by atoms with Crippen LogP contribution in [0.15, 0.2) is 53.4 Å². The molecule has 9 heteroatoms. The molecule has 2 aromatic carbocycles. The molecule has 8 nitrogen and oxygen atoms in total. The van der Waals surface area contributed by atoms with Crippen LogP contribution in [0, 0.1) is 0 Å². The molecule has 2 N–H and O–H groups in total. The van der Waals surface area contributed by atoms with Crippen LogP contribution in [0.1, 0.15) is 20.7 Å². The van der Waals surface area contributed by atoms with Crippen LogP contribution in [0.25, 0.3) is 0 Å². The Balaban J connectivity index is 2.18. The molecule has 2 aromatic rings. The summed E-state index contributed by atoms with van der Waals surface area (Å²) < 4.78 is 37.0. The van der Waals surface area contributed by atoms with Crippen molar-refractivity contribution < 1.29 is 27.5 Å². The van der Waals surface area contributed by atoms with Gasteiger partial charge in [0.15, 0.2) is 0 Å². The van der Waals surface area contributed by atoms with E-state index in [1.807, 2.05) is 0 Å². The zero-order chi connectivity index (χ0) is 19.9. The number of rotatable bonds is 8. The van der Waals surface area contributed by atoms with E-state index in [9.17, 15) is 18.0 Å². The monoisotopic (exact) mass is 392 g/mol. The molecule has 0 aliphatic carbocycles. The van der Waals surface area contributed by atoms with Gasteiger partial charge in [0.05, 0.1) is 29.9 Å². The summed E-state index contributed by atoms with van der Waals surface area (Å²) >= 11 is 0. The average Bonchev–Trinajstić information content (AvgIpc) is 2.67. The quantitative estimate of drug-likeness (QED) is 0.522. The fourth-order valence-electron chi connectivity index (χ4n) is 2.22. The normalized spacial score (nSPS) is 10.9. The molecule has 0 unspecified atom stereocenters. The molecule has 1 amide bonds. The second kappa shape index (κ2) is 9.15. The summed E-state index contributed by atoms with van der Waals surface area (Å²) in [5, 5.41) is 2.64. The summed E-state index contributed by atoms with van der Waals surface area (Å²) in [6, 6.07) is 11.5. The van der Waals surface area contributed by atoms with Gasteiger partial charge in [0.2, 0.25) is 0 Å². The molecule has 0 saturated heterocycles. The Morgan fingerprint density at radius 3 is 2.30 bits per heavy atom. The minimum Gasteiger partial charge on any atom is -0.465 e. The number of sulfonamides is 1. The Kier molecular flexibility index (Phi) is 6.91. The molecule has 0 fully saturated rings. The molecule has 0 spiro atoms. The van der Waals surface area contributed by atoms with E-state index in [0.717, 1.165) is 0 Å². The van der Waals surface area contributed by atoms with E-state index in [0.29, 0.717) is 18.7 Å². The van der Waals surface area contributed by atoms with Crippen molar-refractivity contribution in [2.75, 3.05) is 32.1 Å². The fraction of sp³-hybridized carbons (Fsp3) is 0.222. The summed E-state index contributed by atoms with van der Waals surface area (Å²) in [4.78, 5) is 23.7. The van der Waals surface area contributed by atoms with Crippen LogP contribution in [-0.4, -0.2) is 47.7 Å². The van der Waals surface area contributed by atoms with Gasteiger partial charge < -0.3 is 14.8 Å². The highest BCUT2D eigenvalue weighted by atomic mass is 32.2. The van der Waals surface area contributed by atoms with Gasteiger partial charge in [-0.1, -0.05) is 12.1 Å². The summed E-state index contributed by atoms with van der Waals surface area (Å²) in [7, 11) is -1.21. The van der Waals surface area contributed by atoms with Gasteiger partial charge in [-0.25, -0.2) is 13.2 Å². The number of amides is 1. The van der Waals surface area contributed by atoms with E-state index in [1.165, 1.54) is 50.6 Å². The molecule has 144 valence electrons. The highest BCUT2D eigenvalue weighted by Gasteiger charge is 2.19. The van der Waals surface area contributed by atoms with E-state index in [-0.39, 0.29) is 22.1 Å². The Labute approximate surface area is 157 Å². The number of benzene rings is 2. The number of nitrogens with one attached hydrogen (secondary N) is 2. The van der Waals surface area contributed by atoms with Crippen molar-refractivity contribution in [3.8, 4) is 0 Å². The lowest BCUT2D eigenvalue weighted by molar-refractivity contribution is 0.0601. The highest BCUT2D eigenvalue weighted by molar-refractivity contribution is 7.92. The van der Waals surface area contributed by atoms with Gasteiger partial charge in [0.25, 0.3) is 15.9 Å². The molecule has 0 atom stereocenters. The number of ether oxygens (including phenoxy) is 2. The summed E-state index contributed by atoms with van der Waals surface area (Å²) in [6.45, 7) is 0.725. The number of hydrogen-bond donors (Lipinski definition) is 2. The van der Waals surface area contributed by atoms with E-state index in [1.54, 1.807) is 12.1 Å². The zero-order valence-corrected chi connectivity index (χ0v) is 15.7. The number of methoxy groups -OCH3 is 2. The predicted molar refractivity (Wildman–Crippen MR) is 99.2 cm³/mol. The van der Waals surface area contributed by atoms with Crippen molar-refractivity contribution in [1.29, 1.82) is 0 Å². The standard InChI is InChI=1S/C18H20N2O6S/c1-25-12-11-19-17(21)13-7-9-14(10-8-13)27(23,24)20-16-6-4-3-5-15(16)18(22)26-2/h3-10,20H,11-12H2,1-2H3,(H,19,21). The maximum atomic E-state index is 12.6. The molecule has 27 heavy (non-hydrogen) atoms. The van der Waals surface area contributed by atoms with Gasteiger partial charge in [-0.2, -0.15) is 0 Å². The molecular weight excluding hydrogens is 372 g/mol. The SMILES string of the molecule is COCCNC(=O)c1ccc(S(=O)(=O)Nc2ccccc2C(=O)OC)cc1. The molecule has 0 bridgehead atoms. The first-order valence-corrected chi connectivity index (χ1v) is 9.44. The number of esters is 1. The largest absolute Gasteiger partial charge is 0.465 e. The highest BCUT2D eigenvalue weighted by Crippen LogP contribution is 2.21. The third kappa shape index (κ3) is 5.28. The van der Waals surface area contributed by atoms with Crippen LogP contribution in [0.5, 0.6) is 0 Å². The maximum absolute atomic E-state index is 12.6. The second-order valence-electron chi connectivity index (χ2n) is 5.42. The van der Waals surface area contributed by atoms with Crippen molar-refractivity contribution >= 4 is 27.6 Å². The smallest absolute Gasteiger partial charge is 0.339 e. The van der Waals surface area contributed by atoms with Crippen molar-refractivity contribution in [1.82, 2.24) is 5.32 Å². The van der Waals surface area contributed by atoms with Crippen molar-refractivity contribution in [3.05, 3.63) is 59.7 Å². The number of para-hydroxylation sites is 1. The van der Waals surface area contributed by atoms with Crippen molar-refractivity contribution in [2.24, 2.45) is 0 Å². The zero-order valence-electron chi connectivity index (χ0n) is 14.9. The molecule has 0 aromatic heterocycles. The molecule has 0 aliphatic heterocycles. The number of hydrogen-bond acceptors (Lipinski definition) is 6. The lowest BCUT2D eigenvalue weighted by Gasteiger charge is -2.12. The summed E-state index contributed by atoms with van der Waals surface area (Å²) in [6.07, 6.45) is 0. The van der Waals surface area contributed by atoms with Crippen LogP contribution >= 0.6 is 0 Å². The Morgan fingerprint density at radius 1 is 1.00 bits per heavy atom. The Bertz CT molecular complexity index is 910. The lowest BCUT2D eigenvalue weighted by atomic mass is 10.2. The first-order chi connectivity index (χ1) is 12.9. The first-order valence-electron chi connectivity index (χ1n) is 7.96. The molecule has 0 saturated carbocycles. The molecule has 0 aliphatic rings. The molecule has 0 radical (unpaired) electrons. The second-order valence-corrected chi connectivity index (χ2v) is 7.10. The summed E-state index contributed by atoms with van der Waals surface area (Å²) in [5.41, 5.74) is 0.517. The van der Waals surface area contributed by atoms with Gasteiger partial charge in [-0.05, 0) is 36.4 Å². The molecular formula is C18H20N2O6S. The Morgan fingerprint density at radius 2 is 1.67 bits per heavy atom. The number of carbonyl (C=O) groups is 2.